The van der Waals surface area contributed by atoms with E-state index in [1.54, 1.807) is 0 Å². The first-order valence-corrected chi connectivity index (χ1v) is 8.49. The number of sulfone groups is 1. The van der Waals surface area contributed by atoms with Crippen molar-refractivity contribution in [2.75, 3.05) is 12.8 Å². The van der Waals surface area contributed by atoms with E-state index in [-0.39, 0.29) is 17.2 Å². The van der Waals surface area contributed by atoms with Crippen LogP contribution in [-0.4, -0.2) is 32.5 Å². The van der Waals surface area contributed by atoms with Crippen molar-refractivity contribution in [3.8, 4) is 0 Å². The molecule has 1 aliphatic carbocycles. The Hall–Kier alpha value is -0.0900. The van der Waals surface area contributed by atoms with Gasteiger partial charge in [0.2, 0.25) is 0 Å². The van der Waals surface area contributed by atoms with E-state index >= 15 is 0 Å². The third kappa shape index (κ3) is 3.95. The third-order valence-electron chi connectivity index (χ3n) is 4.26. The van der Waals surface area contributed by atoms with Crippen LogP contribution in [0.4, 0.5) is 0 Å². The van der Waals surface area contributed by atoms with Gasteiger partial charge in [-0.25, -0.2) is 8.42 Å². The lowest BCUT2D eigenvalue weighted by Crippen LogP contribution is -2.41. The van der Waals surface area contributed by atoms with Gasteiger partial charge >= 0.3 is 0 Å². The molecule has 17 heavy (non-hydrogen) atoms. The Bertz CT molecular complexity index is 318. The minimum atomic E-state index is -2.97. The monoisotopic (exact) mass is 261 g/mol. The second kappa shape index (κ2) is 6.19. The molecule has 0 saturated heterocycles. The van der Waals surface area contributed by atoms with Crippen molar-refractivity contribution in [1.29, 1.82) is 0 Å². The van der Waals surface area contributed by atoms with Crippen LogP contribution in [0.15, 0.2) is 0 Å². The molecule has 102 valence electrons. The van der Waals surface area contributed by atoms with Gasteiger partial charge < -0.3 is 5.32 Å². The normalized spacial score (nSPS) is 21.9. The molecule has 1 saturated carbocycles. The highest BCUT2D eigenvalue weighted by atomic mass is 32.2. The summed E-state index contributed by atoms with van der Waals surface area (Å²) in [6, 6.07) is 0.142. The summed E-state index contributed by atoms with van der Waals surface area (Å²) in [6.07, 6.45) is 4.86. The fraction of sp³-hybridized carbons (Fsp3) is 1.00. The molecule has 1 fully saturated rings. The summed E-state index contributed by atoms with van der Waals surface area (Å²) in [5.41, 5.74) is 0. The molecule has 0 aromatic heterocycles. The van der Waals surface area contributed by atoms with Crippen molar-refractivity contribution in [1.82, 2.24) is 5.32 Å². The van der Waals surface area contributed by atoms with Gasteiger partial charge in [-0.1, -0.05) is 26.7 Å². The second-order valence-electron chi connectivity index (χ2n) is 5.72. The van der Waals surface area contributed by atoms with E-state index in [0.717, 1.165) is 0 Å². The van der Waals surface area contributed by atoms with E-state index in [1.807, 2.05) is 27.8 Å². The molecule has 0 heterocycles. The molecule has 0 amide bonds. The largest absolute Gasteiger partial charge is 0.316 e. The van der Waals surface area contributed by atoms with Crippen LogP contribution in [0.3, 0.4) is 0 Å². The first kappa shape index (κ1) is 15.0. The molecule has 0 aromatic carbocycles. The molecule has 0 radical (unpaired) electrons. The van der Waals surface area contributed by atoms with Crippen molar-refractivity contribution in [3.63, 3.8) is 0 Å². The zero-order valence-corrected chi connectivity index (χ0v) is 12.4. The SMILES string of the molecule is CNC(CS(=O)(=O)C(C)C(C)C)C1CCCC1. The van der Waals surface area contributed by atoms with Gasteiger partial charge in [-0.2, -0.15) is 0 Å². The molecule has 4 heteroatoms. The van der Waals surface area contributed by atoms with Crippen LogP contribution in [0.1, 0.15) is 46.5 Å². The van der Waals surface area contributed by atoms with Crippen molar-refractivity contribution >= 4 is 9.84 Å². The van der Waals surface area contributed by atoms with Gasteiger partial charge in [0.25, 0.3) is 0 Å². The van der Waals surface area contributed by atoms with E-state index < -0.39 is 9.84 Å². The third-order valence-corrected chi connectivity index (χ3v) is 6.76. The van der Waals surface area contributed by atoms with Crippen LogP contribution >= 0.6 is 0 Å². The van der Waals surface area contributed by atoms with Crippen LogP contribution < -0.4 is 5.32 Å². The van der Waals surface area contributed by atoms with Crippen molar-refractivity contribution in [3.05, 3.63) is 0 Å². The lowest BCUT2D eigenvalue weighted by Gasteiger charge is -2.25. The van der Waals surface area contributed by atoms with Gasteiger partial charge in [0.1, 0.15) is 0 Å². The van der Waals surface area contributed by atoms with Crippen LogP contribution in [0.2, 0.25) is 0 Å². The van der Waals surface area contributed by atoms with E-state index in [0.29, 0.717) is 11.7 Å². The smallest absolute Gasteiger partial charge is 0.154 e. The van der Waals surface area contributed by atoms with Crippen molar-refractivity contribution < 1.29 is 8.42 Å². The van der Waals surface area contributed by atoms with Crippen LogP contribution in [0, 0.1) is 11.8 Å². The second-order valence-corrected chi connectivity index (χ2v) is 8.12. The summed E-state index contributed by atoms with van der Waals surface area (Å²) in [4.78, 5) is 0. The molecule has 2 atom stereocenters. The van der Waals surface area contributed by atoms with Gasteiger partial charge in [-0.15, -0.1) is 0 Å². The Balaban J connectivity index is 2.66. The number of hydrogen-bond donors (Lipinski definition) is 1. The summed E-state index contributed by atoms with van der Waals surface area (Å²) in [5.74, 6) is 1.04. The Kier molecular flexibility index (Phi) is 5.45. The predicted octanol–water partition coefficient (Wildman–Crippen LogP) is 2.22. The lowest BCUT2D eigenvalue weighted by atomic mass is 10.0. The number of hydrogen-bond acceptors (Lipinski definition) is 3. The number of rotatable bonds is 6. The molecular formula is C13H27NO2S. The highest BCUT2D eigenvalue weighted by Crippen LogP contribution is 2.29. The quantitative estimate of drug-likeness (QED) is 0.797. The predicted molar refractivity (Wildman–Crippen MR) is 72.9 cm³/mol. The van der Waals surface area contributed by atoms with Gasteiger partial charge in [-0.3, -0.25) is 0 Å². The average Bonchev–Trinajstić information content (AvgIpc) is 2.78. The highest BCUT2D eigenvalue weighted by molar-refractivity contribution is 7.92. The molecule has 1 N–H and O–H groups in total. The van der Waals surface area contributed by atoms with Gasteiger partial charge in [0.15, 0.2) is 9.84 Å². The maximum atomic E-state index is 12.3. The van der Waals surface area contributed by atoms with Gasteiger partial charge in [-0.05, 0) is 38.6 Å². The van der Waals surface area contributed by atoms with Crippen LogP contribution in [0.5, 0.6) is 0 Å². The molecule has 0 aliphatic heterocycles. The molecular weight excluding hydrogens is 234 g/mol. The van der Waals surface area contributed by atoms with E-state index in [4.69, 9.17) is 0 Å². The molecule has 2 unspecified atom stereocenters. The maximum Gasteiger partial charge on any atom is 0.154 e. The Morgan fingerprint density at radius 2 is 1.71 bits per heavy atom. The van der Waals surface area contributed by atoms with Gasteiger partial charge in [0.05, 0.1) is 11.0 Å². The zero-order valence-electron chi connectivity index (χ0n) is 11.6. The summed E-state index contributed by atoms with van der Waals surface area (Å²) in [7, 11) is -1.08. The van der Waals surface area contributed by atoms with E-state index in [1.165, 1.54) is 25.7 Å². The molecule has 0 bridgehead atoms. The topological polar surface area (TPSA) is 46.2 Å². The van der Waals surface area contributed by atoms with Crippen LogP contribution in [-0.2, 0) is 9.84 Å². The fourth-order valence-electron chi connectivity index (χ4n) is 2.63. The first-order chi connectivity index (χ1) is 7.88. The molecule has 3 nitrogen and oxygen atoms in total. The zero-order chi connectivity index (χ0) is 13.1. The standard InChI is InChI=1S/C13H27NO2S/c1-10(2)11(3)17(15,16)9-13(14-4)12-7-5-6-8-12/h10-14H,5-9H2,1-4H3. The summed E-state index contributed by atoms with van der Waals surface area (Å²) < 4.78 is 24.5. The minimum Gasteiger partial charge on any atom is -0.316 e. The first-order valence-electron chi connectivity index (χ1n) is 6.77. The number of nitrogens with one attached hydrogen (secondary N) is 1. The Morgan fingerprint density at radius 3 is 2.12 bits per heavy atom. The average molecular weight is 261 g/mol. The van der Waals surface area contributed by atoms with Crippen LogP contribution in [0.25, 0.3) is 0 Å². The summed E-state index contributed by atoms with van der Waals surface area (Å²) in [6.45, 7) is 5.79. The summed E-state index contributed by atoms with van der Waals surface area (Å²) in [5, 5.41) is 2.98. The summed E-state index contributed by atoms with van der Waals surface area (Å²) >= 11 is 0. The minimum absolute atomic E-state index is 0.142. The Labute approximate surface area is 106 Å². The molecule has 0 aromatic rings. The van der Waals surface area contributed by atoms with Gasteiger partial charge in [0, 0.05) is 6.04 Å². The molecule has 1 rings (SSSR count). The highest BCUT2D eigenvalue weighted by Gasteiger charge is 2.31. The van der Waals surface area contributed by atoms with Crippen molar-refractivity contribution in [2.45, 2.75) is 57.7 Å². The Morgan fingerprint density at radius 1 is 1.18 bits per heavy atom. The van der Waals surface area contributed by atoms with Crippen molar-refractivity contribution in [2.24, 2.45) is 11.8 Å². The molecule has 0 spiro atoms. The lowest BCUT2D eigenvalue weighted by molar-refractivity contribution is 0.401. The fourth-order valence-corrected chi connectivity index (χ4v) is 4.70. The van der Waals surface area contributed by atoms with E-state index in [9.17, 15) is 8.42 Å². The maximum absolute atomic E-state index is 12.3. The van der Waals surface area contributed by atoms with E-state index in [2.05, 4.69) is 5.32 Å². The molecule has 1 aliphatic rings.